The normalized spacial score (nSPS) is 22.8. The Kier molecular flexibility index (Phi) is 4.38. The van der Waals surface area contributed by atoms with E-state index in [1.54, 1.807) is 19.2 Å². The standard InChI is InChI=1S/C12H19N3O3S/c1-3-18-10-6-9(7-10)15-19(16,17)11-4-5-12(13-2)14-8-11/h4-5,8-10,15H,3,6-7H2,1-2H3,(H,13,14). The number of nitrogens with zero attached hydrogens (tertiary/aromatic N) is 1. The van der Waals surface area contributed by atoms with Gasteiger partial charge in [0.2, 0.25) is 10.0 Å². The molecule has 1 saturated carbocycles. The van der Waals surface area contributed by atoms with E-state index >= 15 is 0 Å². The molecule has 19 heavy (non-hydrogen) atoms. The molecule has 0 aliphatic heterocycles. The fourth-order valence-electron chi connectivity index (χ4n) is 2.01. The van der Waals surface area contributed by atoms with E-state index in [4.69, 9.17) is 4.74 Å². The molecule has 0 unspecified atom stereocenters. The molecule has 2 rings (SSSR count). The van der Waals surface area contributed by atoms with Crippen molar-refractivity contribution in [1.82, 2.24) is 9.71 Å². The van der Waals surface area contributed by atoms with Crippen LogP contribution in [0.4, 0.5) is 5.82 Å². The van der Waals surface area contributed by atoms with E-state index in [0.717, 1.165) is 12.8 Å². The lowest BCUT2D eigenvalue weighted by molar-refractivity contribution is -0.00475. The maximum absolute atomic E-state index is 12.1. The van der Waals surface area contributed by atoms with Gasteiger partial charge in [-0.05, 0) is 31.9 Å². The number of nitrogens with one attached hydrogen (secondary N) is 2. The lowest BCUT2D eigenvalue weighted by Gasteiger charge is -2.34. The smallest absolute Gasteiger partial charge is 0.242 e. The number of anilines is 1. The first-order chi connectivity index (χ1) is 9.05. The maximum atomic E-state index is 12.1. The van der Waals surface area contributed by atoms with Gasteiger partial charge in [-0.15, -0.1) is 0 Å². The van der Waals surface area contributed by atoms with Gasteiger partial charge in [-0.1, -0.05) is 0 Å². The predicted octanol–water partition coefficient (Wildman–Crippen LogP) is 0.969. The van der Waals surface area contributed by atoms with Crippen molar-refractivity contribution in [3.05, 3.63) is 18.3 Å². The molecule has 1 aromatic rings. The Hall–Kier alpha value is -1.18. The molecule has 2 N–H and O–H groups in total. The van der Waals surface area contributed by atoms with Gasteiger partial charge in [-0.2, -0.15) is 0 Å². The molecule has 0 atom stereocenters. The number of rotatable bonds is 6. The molecule has 6 nitrogen and oxygen atoms in total. The molecule has 1 aliphatic carbocycles. The van der Waals surface area contributed by atoms with Gasteiger partial charge in [-0.3, -0.25) is 0 Å². The molecular formula is C12H19N3O3S. The number of sulfonamides is 1. The van der Waals surface area contributed by atoms with Gasteiger partial charge in [0.25, 0.3) is 0 Å². The molecule has 0 radical (unpaired) electrons. The van der Waals surface area contributed by atoms with Gasteiger partial charge in [0.1, 0.15) is 10.7 Å². The Morgan fingerprint density at radius 2 is 2.16 bits per heavy atom. The zero-order chi connectivity index (χ0) is 13.9. The largest absolute Gasteiger partial charge is 0.378 e. The number of hydrogen-bond acceptors (Lipinski definition) is 5. The SMILES string of the molecule is CCOC1CC(NS(=O)(=O)c2ccc(NC)nc2)C1. The number of hydrogen-bond donors (Lipinski definition) is 2. The molecule has 106 valence electrons. The van der Waals surface area contributed by atoms with Crippen LogP contribution in [0, 0.1) is 0 Å². The van der Waals surface area contributed by atoms with E-state index in [0.29, 0.717) is 12.4 Å². The van der Waals surface area contributed by atoms with E-state index in [1.807, 2.05) is 6.92 Å². The first-order valence-corrected chi connectivity index (χ1v) is 7.81. The quantitative estimate of drug-likeness (QED) is 0.814. The Bertz CT molecular complexity index is 510. The van der Waals surface area contributed by atoms with Crippen LogP contribution in [0.1, 0.15) is 19.8 Å². The van der Waals surface area contributed by atoms with Crippen molar-refractivity contribution in [3.8, 4) is 0 Å². The first-order valence-electron chi connectivity index (χ1n) is 6.33. The summed E-state index contributed by atoms with van der Waals surface area (Å²) in [7, 11) is -1.75. The average molecular weight is 285 g/mol. The Balaban J connectivity index is 1.95. The molecule has 1 aromatic heterocycles. The van der Waals surface area contributed by atoms with Gasteiger partial charge < -0.3 is 10.1 Å². The lowest BCUT2D eigenvalue weighted by Crippen LogP contribution is -2.47. The second kappa shape index (κ2) is 5.85. The van der Waals surface area contributed by atoms with E-state index in [2.05, 4.69) is 15.0 Å². The zero-order valence-electron chi connectivity index (χ0n) is 11.1. The third-order valence-electron chi connectivity index (χ3n) is 3.12. The highest BCUT2D eigenvalue weighted by Gasteiger charge is 2.33. The highest BCUT2D eigenvalue weighted by atomic mass is 32.2. The molecule has 7 heteroatoms. The molecule has 0 aromatic carbocycles. The van der Waals surface area contributed by atoms with Crippen LogP contribution >= 0.6 is 0 Å². The van der Waals surface area contributed by atoms with Crippen molar-refractivity contribution in [2.75, 3.05) is 19.0 Å². The predicted molar refractivity (Wildman–Crippen MR) is 72.5 cm³/mol. The van der Waals surface area contributed by atoms with E-state index < -0.39 is 10.0 Å². The summed E-state index contributed by atoms with van der Waals surface area (Å²) in [5.41, 5.74) is 0. The monoisotopic (exact) mass is 285 g/mol. The molecule has 1 aliphatic rings. The van der Waals surface area contributed by atoms with Gasteiger partial charge in [-0.25, -0.2) is 18.1 Å². The minimum atomic E-state index is -3.48. The summed E-state index contributed by atoms with van der Waals surface area (Å²) in [6, 6.07) is 3.14. The molecule has 0 spiro atoms. The molecule has 0 amide bonds. The number of aromatic nitrogens is 1. The van der Waals surface area contributed by atoms with Crippen LogP contribution in [0.25, 0.3) is 0 Å². The fraction of sp³-hybridized carbons (Fsp3) is 0.583. The van der Waals surface area contributed by atoms with Crippen LogP contribution in [-0.2, 0) is 14.8 Å². The van der Waals surface area contributed by atoms with Crippen LogP contribution in [0.5, 0.6) is 0 Å². The topological polar surface area (TPSA) is 80.3 Å². The number of ether oxygens (including phenoxy) is 1. The molecule has 0 saturated heterocycles. The highest BCUT2D eigenvalue weighted by molar-refractivity contribution is 7.89. The molecular weight excluding hydrogens is 266 g/mol. The van der Waals surface area contributed by atoms with Gasteiger partial charge >= 0.3 is 0 Å². The summed E-state index contributed by atoms with van der Waals surface area (Å²) in [6.45, 7) is 2.60. The van der Waals surface area contributed by atoms with Gasteiger partial charge in [0.15, 0.2) is 0 Å². The van der Waals surface area contributed by atoms with E-state index in [-0.39, 0.29) is 17.0 Å². The van der Waals surface area contributed by atoms with Crippen molar-refractivity contribution < 1.29 is 13.2 Å². The Morgan fingerprint density at radius 1 is 1.42 bits per heavy atom. The van der Waals surface area contributed by atoms with Gasteiger partial charge in [0.05, 0.1) is 6.10 Å². The zero-order valence-corrected chi connectivity index (χ0v) is 11.9. The molecule has 1 fully saturated rings. The lowest BCUT2D eigenvalue weighted by atomic mass is 9.90. The second-order valence-corrected chi connectivity index (χ2v) is 6.21. The van der Waals surface area contributed by atoms with Crippen LogP contribution in [0.2, 0.25) is 0 Å². The van der Waals surface area contributed by atoms with E-state index in [1.165, 1.54) is 6.20 Å². The fourth-order valence-corrected chi connectivity index (χ4v) is 3.21. The van der Waals surface area contributed by atoms with Crippen molar-refractivity contribution in [2.45, 2.75) is 36.8 Å². The first kappa shape index (κ1) is 14.2. The summed E-state index contributed by atoms with van der Waals surface area (Å²) in [5, 5.41) is 2.85. The Morgan fingerprint density at radius 3 is 2.68 bits per heavy atom. The van der Waals surface area contributed by atoms with Gasteiger partial charge in [0, 0.05) is 25.9 Å². The average Bonchev–Trinajstić information content (AvgIpc) is 2.36. The summed E-state index contributed by atoms with van der Waals surface area (Å²) in [6.07, 6.45) is 3.00. The number of pyridine rings is 1. The second-order valence-electron chi connectivity index (χ2n) is 4.50. The Labute approximate surface area is 113 Å². The van der Waals surface area contributed by atoms with Crippen LogP contribution in [-0.4, -0.2) is 39.2 Å². The van der Waals surface area contributed by atoms with E-state index in [9.17, 15) is 8.42 Å². The highest BCUT2D eigenvalue weighted by Crippen LogP contribution is 2.25. The third-order valence-corrected chi connectivity index (χ3v) is 4.63. The van der Waals surface area contributed by atoms with Crippen LogP contribution < -0.4 is 10.0 Å². The van der Waals surface area contributed by atoms with Crippen molar-refractivity contribution in [3.63, 3.8) is 0 Å². The third kappa shape index (κ3) is 3.43. The summed E-state index contributed by atoms with van der Waals surface area (Å²) in [5.74, 6) is 0.638. The van der Waals surface area contributed by atoms with Crippen molar-refractivity contribution in [2.24, 2.45) is 0 Å². The molecule has 0 bridgehead atoms. The molecule has 1 heterocycles. The maximum Gasteiger partial charge on any atom is 0.242 e. The minimum absolute atomic E-state index is 0.0365. The van der Waals surface area contributed by atoms with Crippen molar-refractivity contribution >= 4 is 15.8 Å². The minimum Gasteiger partial charge on any atom is -0.378 e. The summed E-state index contributed by atoms with van der Waals surface area (Å²) < 4.78 is 32.2. The van der Waals surface area contributed by atoms with Crippen molar-refractivity contribution in [1.29, 1.82) is 0 Å². The van der Waals surface area contributed by atoms with Crippen LogP contribution in [0.15, 0.2) is 23.2 Å². The summed E-state index contributed by atoms with van der Waals surface area (Å²) in [4.78, 5) is 4.19. The van der Waals surface area contributed by atoms with Crippen LogP contribution in [0.3, 0.4) is 0 Å². The summed E-state index contributed by atoms with van der Waals surface area (Å²) >= 11 is 0.